The van der Waals surface area contributed by atoms with Crippen LogP contribution in [0.1, 0.15) is 5.56 Å². The number of rotatable bonds is 4. The highest BCUT2D eigenvalue weighted by molar-refractivity contribution is 9.39. The lowest BCUT2D eigenvalue weighted by atomic mass is 10.2. The average molecular weight is 717 g/mol. The van der Waals surface area contributed by atoms with Crippen LogP contribution in [-0.2, 0) is 17.2 Å². The lowest BCUT2D eigenvalue weighted by Crippen LogP contribution is -2.54. The SMILES string of the molecule is O=S(c1cc(Br)cc(Br)c1CC(Br)(Br)Br)C(F)(F)C(F)(F)C(F)(F)F. The fourth-order valence-electron chi connectivity index (χ4n) is 1.54. The van der Waals surface area contributed by atoms with Crippen LogP contribution in [0.15, 0.2) is 26.0 Å². The molecule has 1 rings (SSSR count). The first-order valence-corrected chi connectivity index (χ1v) is 10.8. The van der Waals surface area contributed by atoms with E-state index in [0.29, 0.717) is 0 Å². The fourth-order valence-corrected chi connectivity index (χ4v) is 5.29. The van der Waals surface area contributed by atoms with Crippen molar-refractivity contribution in [3.05, 3.63) is 26.6 Å². The van der Waals surface area contributed by atoms with Crippen LogP contribution in [0.4, 0.5) is 30.7 Å². The van der Waals surface area contributed by atoms with Gasteiger partial charge in [0.05, 0.1) is 4.90 Å². The second kappa shape index (κ2) is 7.96. The summed E-state index contributed by atoms with van der Waals surface area (Å²) in [5, 5.41) is -5.88. The number of hydrogen-bond donors (Lipinski definition) is 0. The highest BCUT2D eigenvalue weighted by Crippen LogP contribution is 2.51. The molecule has 25 heavy (non-hydrogen) atoms. The van der Waals surface area contributed by atoms with Gasteiger partial charge in [0.15, 0.2) is 0 Å². The molecule has 0 spiro atoms. The van der Waals surface area contributed by atoms with Crippen LogP contribution in [0.25, 0.3) is 0 Å². The Morgan fingerprint density at radius 2 is 1.40 bits per heavy atom. The second-order valence-corrected chi connectivity index (χ2v) is 15.0. The molecule has 0 fully saturated rings. The standard InChI is InChI=1S/C11H4Br5F7OS/c12-4-1-6(13)5(3-8(14,15)16)7(2-4)25(24)11(22,23)9(17,18)10(19,20)21/h1-2H,3H2. The molecule has 0 amide bonds. The Hall–Kier alpha value is 1.28. The minimum atomic E-state index is -6.57. The van der Waals surface area contributed by atoms with Crippen molar-refractivity contribution in [1.29, 1.82) is 0 Å². The van der Waals surface area contributed by atoms with Gasteiger partial charge in [0.1, 0.15) is 12.9 Å². The topological polar surface area (TPSA) is 17.1 Å². The summed E-state index contributed by atoms with van der Waals surface area (Å²) in [7, 11) is -4.00. The fraction of sp³-hybridized carbons (Fsp3) is 0.455. The molecule has 0 aromatic heterocycles. The minimum absolute atomic E-state index is 0.0573. The quantitative estimate of drug-likeness (QED) is 0.233. The molecule has 0 bridgehead atoms. The molecule has 0 saturated heterocycles. The van der Waals surface area contributed by atoms with Gasteiger partial charge in [-0.2, -0.15) is 30.7 Å². The first kappa shape index (κ1) is 24.3. The Kier molecular flexibility index (Phi) is 7.74. The van der Waals surface area contributed by atoms with Gasteiger partial charge in [0.2, 0.25) is 0 Å². The average Bonchev–Trinajstić information content (AvgIpc) is 2.37. The van der Waals surface area contributed by atoms with Gasteiger partial charge in [-0.25, -0.2) is 4.21 Å². The Balaban J connectivity index is 3.57. The molecule has 1 nitrogen and oxygen atoms in total. The molecule has 14 heteroatoms. The molecule has 144 valence electrons. The molecule has 0 heterocycles. The molecule has 0 aliphatic rings. The molecule has 0 aliphatic carbocycles. The Morgan fingerprint density at radius 1 is 0.920 bits per heavy atom. The second-order valence-electron chi connectivity index (χ2n) is 4.51. The summed E-state index contributed by atoms with van der Waals surface area (Å²) in [5.41, 5.74) is -0.162. The van der Waals surface area contributed by atoms with Gasteiger partial charge >= 0.3 is 17.4 Å². The predicted molar refractivity (Wildman–Crippen MR) is 97.4 cm³/mol. The first-order chi connectivity index (χ1) is 10.9. The molecule has 0 saturated carbocycles. The van der Waals surface area contributed by atoms with E-state index in [2.05, 4.69) is 79.6 Å². The van der Waals surface area contributed by atoms with E-state index in [-0.39, 0.29) is 20.9 Å². The maximum atomic E-state index is 13.8. The largest absolute Gasteiger partial charge is 0.461 e. The van der Waals surface area contributed by atoms with E-state index < -0.39 is 35.2 Å². The molecular formula is C11H4Br5F7OS. The van der Waals surface area contributed by atoms with Gasteiger partial charge in [-0.15, -0.1) is 0 Å². The van der Waals surface area contributed by atoms with Crippen molar-refractivity contribution in [2.24, 2.45) is 0 Å². The lowest BCUT2D eigenvalue weighted by molar-refractivity contribution is -0.331. The van der Waals surface area contributed by atoms with Crippen LogP contribution in [0.3, 0.4) is 0 Å². The van der Waals surface area contributed by atoms with E-state index in [1.165, 1.54) is 6.07 Å². The molecule has 1 aromatic carbocycles. The maximum absolute atomic E-state index is 13.8. The Morgan fingerprint density at radius 3 is 1.80 bits per heavy atom. The van der Waals surface area contributed by atoms with Gasteiger partial charge in [0, 0.05) is 15.4 Å². The number of hydrogen-bond acceptors (Lipinski definition) is 1. The smallest absolute Gasteiger partial charge is 0.248 e. The molecule has 1 unspecified atom stereocenters. The van der Waals surface area contributed by atoms with E-state index in [1.54, 1.807) is 0 Å². The van der Waals surface area contributed by atoms with E-state index in [9.17, 15) is 34.9 Å². The monoisotopic (exact) mass is 712 g/mol. The Labute approximate surface area is 181 Å². The van der Waals surface area contributed by atoms with Gasteiger partial charge in [0.25, 0.3) is 0 Å². The van der Waals surface area contributed by atoms with Crippen molar-refractivity contribution in [2.75, 3.05) is 0 Å². The van der Waals surface area contributed by atoms with Gasteiger partial charge in [-0.1, -0.05) is 79.6 Å². The number of halogens is 12. The zero-order chi connectivity index (χ0) is 20.0. The van der Waals surface area contributed by atoms with Crippen LogP contribution in [-0.4, -0.2) is 23.7 Å². The summed E-state index contributed by atoms with van der Waals surface area (Å²) < 4.78 is 102. The summed E-state index contributed by atoms with van der Waals surface area (Å²) in [6.07, 6.45) is -6.80. The van der Waals surface area contributed by atoms with Crippen molar-refractivity contribution in [2.45, 2.75) is 30.8 Å². The third kappa shape index (κ3) is 5.42. The summed E-state index contributed by atoms with van der Waals surface area (Å²) in [4.78, 5) is -0.877. The molecule has 1 atom stereocenters. The number of alkyl halides is 10. The van der Waals surface area contributed by atoms with Gasteiger partial charge in [-0.05, 0) is 17.7 Å². The van der Waals surface area contributed by atoms with Crippen molar-refractivity contribution in [3.63, 3.8) is 0 Å². The highest BCUT2D eigenvalue weighted by atomic mass is 80.0. The van der Waals surface area contributed by atoms with Crippen molar-refractivity contribution in [3.8, 4) is 0 Å². The first-order valence-electron chi connectivity index (χ1n) is 5.70. The summed E-state index contributed by atoms with van der Waals surface area (Å²) in [5.74, 6) is -6.48. The van der Waals surface area contributed by atoms with Crippen molar-refractivity contribution < 1.29 is 34.9 Å². The van der Waals surface area contributed by atoms with Crippen LogP contribution in [0, 0.1) is 0 Å². The maximum Gasteiger partial charge on any atom is 0.461 e. The third-order valence-corrected chi connectivity index (χ3v) is 6.14. The molecule has 0 N–H and O–H groups in total. The van der Waals surface area contributed by atoms with Crippen LogP contribution in [0.5, 0.6) is 0 Å². The molecule has 0 radical (unpaired) electrons. The summed E-state index contributed by atoms with van der Waals surface area (Å²) >= 11 is 15.1. The Bertz CT molecular complexity index is 687. The zero-order valence-corrected chi connectivity index (χ0v) is 20.0. The van der Waals surface area contributed by atoms with Crippen LogP contribution >= 0.6 is 79.6 Å². The van der Waals surface area contributed by atoms with E-state index in [1.807, 2.05) is 0 Å². The third-order valence-electron chi connectivity index (χ3n) is 2.65. The van der Waals surface area contributed by atoms with Crippen LogP contribution < -0.4 is 0 Å². The molecular weight excluding hydrogens is 713 g/mol. The predicted octanol–water partition coefficient (Wildman–Crippen LogP) is 7.49. The number of benzene rings is 1. The van der Waals surface area contributed by atoms with E-state index in [0.717, 1.165) is 6.07 Å². The minimum Gasteiger partial charge on any atom is -0.248 e. The summed E-state index contributed by atoms with van der Waals surface area (Å²) in [6.45, 7) is 0. The van der Waals surface area contributed by atoms with Crippen LogP contribution in [0.2, 0.25) is 0 Å². The van der Waals surface area contributed by atoms with E-state index >= 15 is 0 Å². The molecule has 1 aromatic rings. The normalized spacial score (nSPS) is 15.4. The van der Waals surface area contributed by atoms with Gasteiger partial charge < -0.3 is 0 Å². The van der Waals surface area contributed by atoms with Crippen molar-refractivity contribution in [1.82, 2.24) is 0 Å². The van der Waals surface area contributed by atoms with Gasteiger partial charge in [-0.3, -0.25) is 0 Å². The lowest BCUT2D eigenvalue weighted by Gasteiger charge is -2.28. The highest BCUT2D eigenvalue weighted by Gasteiger charge is 2.76. The zero-order valence-electron chi connectivity index (χ0n) is 11.2. The summed E-state index contributed by atoms with van der Waals surface area (Å²) in [6, 6.07) is 2.14. The van der Waals surface area contributed by atoms with Crippen molar-refractivity contribution >= 4 is 90.4 Å². The molecule has 0 aliphatic heterocycles. The van der Waals surface area contributed by atoms with E-state index in [4.69, 9.17) is 0 Å².